The van der Waals surface area contributed by atoms with Gasteiger partial charge in [-0.1, -0.05) is 18.2 Å². The first-order valence-corrected chi connectivity index (χ1v) is 12.2. The molecule has 2 aromatic carbocycles. The topological polar surface area (TPSA) is 85.3 Å². The molecule has 1 aliphatic heterocycles. The molecular formula is C22H24N4O3S2. The van der Waals surface area contributed by atoms with Crippen molar-refractivity contribution in [3.8, 4) is 5.75 Å². The smallest absolute Gasteiger partial charge is 0.276 e. The van der Waals surface area contributed by atoms with E-state index in [1.165, 1.54) is 0 Å². The molecule has 0 saturated carbocycles. The third-order valence-electron chi connectivity index (χ3n) is 4.99. The number of hydrogen-bond acceptors (Lipinski definition) is 6. The Kier molecular flexibility index (Phi) is 6.72. The molecule has 31 heavy (non-hydrogen) atoms. The first-order valence-electron chi connectivity index (χ1n) is 10.1. The molecule has 9 heteroatoms. The van der Waals surface area contributed by atoms with Crippen LogP contribution in [0.5, 0.6) is 5.75 Å². The predicted molar refractivity (Wildman–Crippen MR) is 125 cm³/mol. The summed E-state index contributed by atoms with van der Waals surface area (Å²) >= 11 is 3.76. The molecule has 1 aromatic heterocycles. The number of para-hydroxylation sites is 1. The number of thioether (sulfide) groups is 2. The quantitative estimate of drug-likeness (QED) is 0.551. The molecule has 0 bridgehead atoms. The van der Waals surface area contributed by atoms with Gasteiger partial charge in [0.2, 0.25) is 0 Å². The van der Waals surface area contributed by atoms with Crippen molar-refractivity contribution in [2.45, 2.75) is 25.0 Å². The number of hydrazine groups is 1. The van der Waals surface area contributed by atoms with Crippen LogP contribution < -0.4 is 15.6 Å². The van der Waals surface area contributed by atoms with Crippen molar-refractivity contribution in [1.82, 2.24) is 20.4 Å². The monoisotopic (exact) mass is 456 g/mol. The molecule has 0 spiro atoms. The summed E-state index contributed by atoms with van der Waals surface area (Å²) in [7, 11) is 0. The zero-order chi connectivity index (χ0) is 21.8. The largest absolute Gasteiger partial charge is 0.483 e. The number of imidazole rings is 1. The van der Waals surface area contributed by atoms with E-state index >= 15 is 0 Å². The zero-order valence-electron chi connectivity index (χ0n) is 17.4. The van der Waals surface area contributed by atoms with Crippen LogP contribution >= 0.6 is 23.5 Å². The van der Waals surface area contributed by atoms with Crippen LogP contribution in [0, 0.1) is 6.92 Å². The summed E-state index contributed by atoms with van der Waals surface area (Å²) in [4.78, 5) is 29.2. The van der Waals surface area contributed by atoms with E-state index in [4.69, 9.17) is 4.74 Å². The molecule has 162 valence electrons. The predicted octanol–water partition coefficient (Wildman–Crippen LogP) is 3.68. The number of aromatic nitrogens is 2. The van der Waals surface area contributed by atoms with Crippen molar-refractivity contribution in [2.75, 3.05) is 18.1 Å². The Morgan fingerprint density at radius 3 is 2.71 bits per heavy atom. The Morgan fingerprint density at radius 1 is 1.16 bits per heavy atom. The van der Waals surface area contributed by atoms with E-state index in [2.05, 4.69) is 27.3 Å². The molecule has 1 aliphatic rings. The van der Waals surface area contributed by atoms with Crippen molar-refractivity contribution >= 4 is 46.4 Å². The molecule has 3 aromatic rings. The third-order valence-corrected chi connectivity index (χ3v) is 8.05. The van der Waals surface area contributed by atoms with Gasteiger partial charge >= 0.3 is 0 Å². The standard InChI is InChI=1S/C22H24N4O3S2/c1-3-26-14(2)23-17-12-15(8-9-18(17)26)21(28)25-24-20(27)13-29-19-7-5-4-6-16(19)22-30-10-11-31-22/h4-9,12,22H,3,10-11,13H2,1-2H3,(H,24,27)(H,25,28). The minimum atomic E-state index is -0.429. The summed E-state index contributed by atoms with van der Waals surface area (Å²) < 4.78 is 8.14. The number of rotatable bonds is 6. The number of benzene rings is 2. The third kappa shape index (κ3) is 4.83. The Balaban J connectivity index is 1.33. The lowest BCUT2D eigenvalue weighted by Crippen LogP contribution is -2.43. The second-order valence-corrected chi connectivity index (χ2v) is 9.73. The number of carbonyl (C=O) groups excluding carboxylic acids is 2. The molecule has 4 rings (SSSR count). The first kappa shape index (κ1) is 21.6. The Labute approximate surface area is 189 Å². The number of fused-ring (bicyclic) bond motifs is 1. The van der Waals surface area contributed by atoms with E-state index in [1.807, 2.05) is 60.8 Å². The van der Waals surface area contributed by atoms with E-state index in [9.17, 15) is 9.59 Å². The lowest BCUT2D eigenvalue weighted by molar-refractivity contribution is -0.123. The van der Waals surface area contributed by atoms with Crippen molar-refractivity contribution < 1.29 is 14.3 Å². The van der Waals surface area contributed by atoms with Crippen molar-refractivity contribution in [1.29, 1.82) is 0 Å². The molecule has 2 heterocycles. The van der Waals surface area contributed by atoms with Crippen LogP contribution in [0.1, 0.15) is 33.3 Å². The molecule has 1 saturated heterocycles. The summed E-state index contributed by atoms with van der Waals surface area (Å²) in [5.41, 5.74) is 8.10. The van der Waals surface area contributed by atoms with Crippen molar-refractivity contribution in [3.63, 3.8) is 0 Å². The average Bonchev–Trinajstić information content (AvgIpc) is 3.42. The second-order valence-electron chi connectivity index (χ2n) is 7.01. The molecule has 0 aliphatic carbocycles. The maximum absolute atomic E-state index is 12.4. The van der Waals surface area contributed by atoms with Crippen molar-refractivity contribution in [2.24, 2.45) is 0 Å². The number of hydrogen-bond donors (Lipinski definition) is 2. The SMILES string of the molecule is CCn1c(C)nc2cc(C(=O)NNC(=O)COc3ccccc3C3SCCS3)ccc21. The molecule has 1 fully saturated rings. The van der Waals surface area contributed by atoms with Gasteiger partial charge in [0.25, 0.3) is 11.8 Å². The van der Waals surface area contributed by atoms with Crippen LogP contribution in [-0.4, -0.2) is 39.5 Å². The summed E-state index contributed by atoms with van der Waals surface area (Å²) in [6, 6.07) is 13.1. The lowest BCUT2D eigenvalue weighted by Gasteiger charge is -2.15. The summed E-state index contributed by atoms with van der Waals surface area (Å²) in [6.07, 6.45) is 0. The van der Waals surface area contributed by atoms with E-state index in [0.29, 0.717) is 15.9 Å². The molecule has 0 radical (unpaired) electrons. The van der Waals surface area contributed by atoms with Gasteiger partial charge in [0, 0.05) is 29.2 Å². The lowest BCUT2D eigenvalue weighted by atomic mass is 10.2. The van der Waals surface area contributed by atoms with Crippen LogP contribution in [0.15, 0.2) is 42.5 Å². The van der Waals surface area contributed by atoms with E-state index in [-0.39, 0.29) is 6.61 Å². The minimum Gasteiger partial charge on any atom is -0.483 e. The fourth-order valence-electron chi connectivity index (χ4n) is 3.51. The van der Waals surface area contributed by atoms with Gasteiger partial charge in [-0.05, 0) is 38.1 Å². The summed E-state index contributed by atoms with van der Waals surface area (Å²) in [5.74, 6) is 2.99. The van der Waals surface area contributed by atoms with Gasteiger partial charge in [-0.15, -0.1) is 23.5 Å². The molecule has 0 unspecified atom stereocenters. The number of nitrogens with one attached hydrogen (secondary N) is 2. The van der Waals surface area contributed by atoms with E-state index < -0.39 is 11.8 Å². The van der Waals surface area contributed by atoms with Gasteiger partial charge in [0.05, 0.1) is 15.6 Å². The van der Waals surface area contributed by atoms with E-state index in [1.54, 1.807) is 12.1 Å². The Morgan fingerprint density at radius 2 is 1.94 bits per heavy atom. The summed E-state index contributed by atoms with van der Waals surface area (Å²) in [5, 5.41) is 0. The molecular weight excluding hydrogens is 432 g/mol. The van der Waals surface area contributed by atoms with Gasteiger partial charge in [-0.25, -0.2) is 4.98 Å². The van der Waals surface area contributed by atoms with Gasteiger partial charge < -0.3 is 9.30 Å². The first-order chi connectivity index (χ1) is 15.1. The van der Waals surface area contributed by atoms with Gasteiger partial charge in [0.15, 0.2) is 6.61 Å². The molecule has 2 N–H and O–H groups in total. The number of aryl methyl sites for hydroxylation is 2. The molecule has 0 atom stereocenters. The van der Waals surface area contributed by atoms with E-state index in [0.717, 1.165) is 40.5 Å². The number of carbonyl (C=O) groups is 2. The highest BCUT2D eigenvalue weighted by molar-refractivity contribution is 8.19. The zero-order valence-corrected chi connectivity index (χ0v) is 19.0. The highest BCUT2D eigenvalue weighted by atomic mass is 32.2. The maximum atomic E-state index is 12.4. The maximum Gasteiger partial charge on any atom is 0.276 e. The normalized spacial score (nSPS) is 14.0. The average molecular weight is 457 g/mol. The Hall–Kier alpha value is -2.65. The van der Waals surface area contributed by atoms with Gasteiger partial charge in [-0.2, -0.15) is 0 Å². The number of ether oxygens (including phenoxy) is 1. The highest BCUT2D eigenvalue weighted by Gasteiger charge is 2.22. The van der Waals surface area contributed by atoms with Crippen LogP contribution in [0.4, 0.5) is 0 Å². The van der Waals surface area contributed by atoms with Crippen LogP contribution in [0.25, 0.3) is 11.0 Å². The fraction of sp³-hybridized carbons (Fsp3) is 0.318. The Bertz CT molecular complexity index is 1110. The number of nitrogens with zero attached hydrogens (tertiary/aromatic N) is 2. The second kappa shape index (κ2) is 9.65. The summed E-state index contributed by atoms with van der Waals surface area (Å²) in [6.45, 7) is 4.62. The molecule has 7 nitrogen and oxygen atoms in total. The minimum absolute atomic E-state index is 0.182. The fourth-order valence-corrected chi connectivity index (χ4v) is 6.42. The van der Waals surface area contributed by atoms with Gasteiger partial charge in [-0.3, -0.25) is 20.4 Å². The van der Waals surface area contributed by atoms with Crippen molar-refractivity contribution in [3.05, 3.63) is 59.4 Å². The molecule has 2 amide bonds. The highest BCUT2D eigenvalue weighted by Crippen LogP contribution is 2.48. The number of amides is 2. The van der Waals surface area contributed by atoms with Crippen LogP contribution in [-0.2, 0) is 11.3 Å². The van der Waals surface area contributed by atoms with Crippen LogP contribution in [0.3, 0.4) is 0 Å². The van der Waals surface area contributed by atoms with Crippen LogP contribution in [0.2, 0.25) is 0 Å². The van der Waals surface area contributed by atoms with Gasteiger partial charge in [0.1, 0.15) is 11.6 Å².